The molecule has 0 saturated heterocycles. The van der Waals surface area contributed by atoms with Crippen LogP contribution in [-0.4, -0.2) is 24.2 Å². The van der Waals surface area contributed by atoms with Crippen molar-refractivity contribution in [2.24, 2.45) is 5.92 Å². The van der Waals surface area contributed by atoms with Crippen molar-refractivity contribution in [3.05, 3.63) is 35.9 Å². The van der Waals surface area contributed by atoms with Crippen LogP contribution in [0.25, 0.3) is 0 Å². The van der Waals surface area contributed by atoms with Crippen molar-refractivity contribution < 1.29 is 19.1 Å². The number of alkyl carbamates (subject to hydrolysis) is 1. The van der Waals surface area contributed by atoms with Gasteiger partial charge >= 0.3 is 12.1 Å². The Morgan fingerprint density at radius 2 is 1.91 bits per heavy atom. The number of amides is 1. The summed E-state index contributed by atoms with van der Waals surface area (Å²) >= 11 is 0. The average molecular weight is 319 g/mol. The van der Waals surface area contributed by atoms with Crippen LogP contribution in [0, 0.1) is 5.92 Å². The highest BCUT2D eigenvalue weighted by molar-refractivity contribution is 5.81. The van der Waals surface area contributed by atoms with Crippen LogP contribution in [0.4, 0.5) is 4.79 Å². The molecule has 1 aliphatic rings. The Morgan fingerprint density at radius 3 is 2.61 bits per heavy atom. The molecule has 2 rings (SSSR count). The summed E-state index contributed by atoms with van der Waals surface area (Å²) < 4.78 is 10.6. The fourth-order valence-corrected chi connectivity index (χ4v) is 2.71. The van der Waals surface area contributed by atoms with E-state index in [9.17, 15) is 9.59 Å². The van der Waals surface area contributed by atoms with Crippen LogP contribution in [0.15, 0.2) is 30.3 Å². The Balaban J connectivity index is 1.73. The number of nitrogens with one attached hydrogen (secondary N) is 1. The van der Waals surface area contributed by atoms with E-state index in [1.54, 1.807) is 6.92 Å². The number of hydrogen-bond acceptors (Lipinski definition) is 4. The lowest BCUT2D eigenvalue weighted by molar-refractivity contribution is -0.155. The van der Waals surface area contributed by atoms with Crippen LogP contribution in [0.2, 0.25) is 0 Å². The van der Waals surface area contributed by atoms with Crippen molar-refractivity contribution in [3.8, 4) is 0 Å². The smallest absolute Gasteiger partial charge is 0.408 e. The lowest BCUT2D eigenvalue weighted by Crippen LogP contribution is -2.42. The maximum atomic E-state index is 12.1. The molecule has 126 valence electrons. The minimum Gasteiger partial charge on any atom is -0.461 e. The first-order valence-corrected chi connectivity index (χ1v) is 8.24. The standard InChI is InChI=1S/C18H25NO4/c1-13-8-6-7-11-16(13)23-17(20)14(2)19-18(21)22-12-15-9-4-3-5-10-15/h3-5,9-10,13-14,16H,6-8,11-12H2,1-2H3,(H,19,21)/t13?,14-,16?/m0/s1. The third-order valence-corrected chi connectivity index (χ3v) is 4.20. The van der Waals surface area contributed by atoms with Crippen LogP contribution in [-0.2, 0) is 20.9 Å². The van der Waals surface area contributed by atoms with Crippen LogP contribution in [0.1, 0.15) is 45.1 Å². The van der Waals surface area contributed by atoms with Crippen LogP contribution < -0.4 is 5.32 Å². The van der Waals surface area contributed by atoms with Crippen molar-refractivity contribution in [2.45, 2.75) is 58.3 Å². The summed E-state index contributed by atoms with van der Waals surface area (Å²) in [4.78, 5) is 23.8. The minimum absolute atomic E-state index is 0.0409. The highest BCUT2D eigenvalue weighted by Crippen LogP contribution is 2.26. The largest absolute Gasteiger partial charge is 0.461 e. The highest BCUT2D eigenvalue weighted by Gasteiger charge is 2.27. The van der Waals surface area contributed by atoms with E-state index in [4.69, 9.17) is 9.47 Å². The Morgan fingerprint density at radius 1 is 1.22 bits per heavy atom. The zero-order valence-electron chi connectivity index (χ0n) is 13.8. The van der Waals surface area contributed by atoms with Crippen molar-refractivity contribution >= 4 is 12.1 Å². The van der Waals surface area contributed by atoms with E-state index in [1.165, 1.54) is 6.42 Å². The monoisotopic (exact) mass is 319 g/mol. The van der Waals surface area contributed by atoms with E-state index >= 15 is 0 Å². The molecule has 0 spiro atoms. The molecule has 0 aromatic heterocycles. The van der Waals surface area contributed by atoms with E-state index in [0.717, 1.165) is 24.8 Å². The summed E-state index contributed by atoms with van der Waals surface area (Å²) in [6, 6.07) is 8.68. The minimum atomic E-state index is -0.715. The molecule has 23 heavy (non-hydrogen) atoms. The van der Waals surface area contributed by atoms with Gasteiger partial charge in [0, 0.05) is 0 Å². The number of carbonyl (C=O) groups excluding carboxylic acids is 2. The van der Waals surface area contributed by atoms with Gasteiger partial charge in [-0.2, -0.15) is 0 Å². The molecule has 1 N–H and O–H groups in total. The highest BCUT2D eigenvalue weighted by atomic mass is 16.6. The first-order valence-electron chi connectivity index (χ1n) is 8.24. The van der Waals surface area contributed by atoms with Crippen molar-refractivity contribution in [2.75, 3.05) is 0 Å². The fraction of sp³-hybridized carbons (Fsp3) is 0.556. The Hall–Kier alpha value is -2.04. The molecular formula is C18H25NO4. The summed E-state index contributed by atoms with van der Waals surface area (Å²) in [5.41, 5.74) is 0.897. The summed E-state index contributed by atoms with van der Waals surface area (Å²) in [5, 5.41) is 2.52. The summed E-state index contributed by atoms with van der Waals surface area (Å²) in [6.07, 6.45) is 3.60. The van der Waals surface area contributed by atoms with Gasteiger partial charge in [-0.25, -0.2) is 9.59 Å². The zero-order valence-corrected chi connectivity index (χ0v) is 13.8. The van der Waals surface area contributed by atoms with Crippen molar-refractivity contribution in [1.29, 1.82) is 0 Å². The molecular weight excluding hydrogens is 294 g/mol. The first kappa shape index (κ1) is 17.3. The second-order valence-corrected chi connectivity index (χ2v) is 6.16. The third kappa shape index (κ3) is 5.58. The topological polar surface area (TPSA) is 64.6 Å². The molecule has 1 aromatic carbocycles. The summed E-state index contributed by atoms with van der Waals surface area (Å²) in [7, 11) is 0. The van der Waals surface area contributed by atoms with Gasteiger partial charge in [0.25, 0.3) is 0 Å². The molecule has 5 heteroatoms. The Bertz CT molecular complexity index is 517. The zero-order chi connectivity index (χ0) is 16.7. The summed E-state index contributed by atoms with van der Waals surface area (Å²) in [6.45, 7) is 3.89. The molecule has 0 bridgehead atoms. The Labute approximate surface area is 137 Å². The maximum Gasteiger partial charge on any atom is 0.408 e. The molecule has 0 heterocycles. The van der Waals surface area contributed by atoms with Crippen LogP contribution in [0.5, 0.6) is 0 Å². The molecule has 1 amide bonds. The SMILES string of the molecule is CC1CCCCC1OC(=O)[C@H](C)NC(=O)OCc1ccccc1. The van der Waals surface area contributed by atoms with E-state index < -0.39 is 18.1 Å². The molecule has 1 saturated carbocycles. The van der Waals surface area contributed by atoms with E-state index in [0.29, 0.717) is 5.92 Å². The molecule has 2 unspecified atom stereocenters. The molecule has 0 radical (unpaired) electrons. The number of esters is 1. The van der Waals surface area contributed by atoms with E-state index in [-0.39, 0.29) is 12.7 Å². The van der Waals surface area contributed by atoms with Gasteiger partial charge in [0.15, 0.2) is 0 Å². The fourth-order valence-electron chi connectivity index (χ4n) is 2.71. The number of rotatable bonds is 5. The average Bonchev–Trinajstić information content (AvgIpc) is 2.56. The van der Waals surface area contributed by atoms with E-state index in [2.05, 4.69) is 12.2 Å². The van der Waals surface area contributed by atoms with Gasteiger partial charge in [0.2, 0.25) is 0 Å². The molecule has 1 aliphatic carbocycles. The van der Waals surface area contributed by atoms with Crippen molar-refractivity contribution in [1.82, 2.24) is 5.32 Å². The van der Waals surface area contributed by atoms with Gasteiger partial charge in [-0.3, -0.25) is 0 Å². The van der Waals surface area contributed by atoms with Crippen LogP contribution in [0.3, 0.4) is 0 Å². The van der Waals surface area contributed by atoms with Crippen LogP contribution >= 0.6 is 0 Å². The number of benzene rings is 1. The van der Waals surface area contributed by atoms with Gasteiger partial charge < -0.3 is 14.8 Å². The lowest BCUT2D eigenvalue weighted by atomic mass is 9.88. The second-order valence-electron chi connectivity index (χ2n) is 6.16. The van der Waals surface area contributed by atoms with Gasteiger partial charge in [0.1, 0.15) is 18.8 Å². The van der Waals surface area contributed by atoms with Gasteiger partial charge in [-0.1, -0.05) is 43.7 Å². The number of carbonyl (C=O) groups is 2. The summed E-state index contributed by atoms with van der Waals surface area (Å²) in [5.74, 6) is -0.0228. The van der Waals surface area contributed by atoms with Gasteiger partial charge in [-0.05, 0) is 37.7 Å². The van der Waals surface area contributed by atoms with Gasteiger partial charge in [-0.15, -0.1) is 0 Å². The molecule has 3 atom stereocenters. The predicted molar refractivity (Wildman–Crippen MR) is 86.7 cm³/mol. The molecule has 1 aromatic rings. The maximum absolute atomic E-state index is 12.1. The molecule has 0 aliphatic heterocycles. The first-order chi connectivity index (χ1) is 11.1. The third-order valence-electron chi connectivity index (χ3n) is 4.20. The van der Waals surface area contributed by atoms with E-state index in [1.807, 2.05) is 30.3 Å². The van der Waals surface area contributed by atoms with Crippen molar-refractivity contribution in [3.63, 3.8) is 0 Å². The molecule has 1 fully saturated rings. The normalized spacial score (nSPS) is 22.0. The number of ether oxygens (including phenoxy) is 2. The lowest BCUT2D eigenvalue weighted by Gasteiger charge is -2.29. The predicted octanol–water partition coefficient (Wildman–Crippen LogP) is 3.42. The quantitative estimate of drug-likeness (QED) is 0.845. The second kappa shape index (κ2) is 8.56. The van der Waals surface area contributed by atoms with Gasteiger partial charge in [0.05, 0.1) is 0 Å². The number of hydrogen-bond donors (Lipinski definition) is 1. The Kier molecular flexibility index (Phi) is 6.44. The molecule has 5 nitrogen and oxygen atoms in total.